The Morgan fingerprint density at radius 1 is 0.957 bits per heavy atom. The van der Waals surface area contributed by atoms with Crippen molar-refractivity contribution in [2.24, 2.45) is 10.4 Å². The Kier molecular flexibility index (Phi) is 11.2. The van der Waals surface area contributed by atoms with Gasteiger partial charge < -0.3 is 20.1 Å². The molecule has 1 heterocycles. The summed E-state index contributed by atoms with van der Waals surface area (Å²) in [6.45, 7) is 10.2. The Balaban J connectivity index is 0.000000217. The second-order valence-electron chi connectivity index (χ2n) is 12.2. The first-order valence-corrected chi connectivity index (χ1v) is 15.3. The lowest BCUT2D eigenvalue weighted by Crippen LogP contribution is -2.34. The molecule has 9 heteroatoms. The highest BCUT2D eigenvalue weighted by Gasteiger charge is 2.39. The molecule has 0 saturated carbocycles. The Bertz CT molecular complexity index is 1810. The summed E-state index contributed by atoms with van der Waals surface area (Å²) >= 11 is 0. The van der Waals surface area contributed by atoms with E-state index in [1.165, 1.54) is 4.90 Å². The third-order valence-corrected chi connectivity index (χ3v) is 7.57. The Morgan fingerprint density at radius 3 is 2.28 bits per heavy atom. The summed E-state index contributed by atoms with van der Waals surface area (Å²) in [6, 6.07) is 27.5. The van der Waals surface area contributed by atoms with Gasteiger partial charge in [0.05, 0.1) is 12.8 Å². The highest BCUT2D eigenvalue weighted by atomic mass is 16.6. The second kappa shape index (κ2) is 15.2. The topological polar surface area (TPSA) is 109 Å². The van der Waals surface area contributed by atoms with Gasteiger partial charge in [0, 0.05) is 40.2 Å². The van der Waals surface area contributed by atoms with Gasteiger partial charge in [-0.05, 0) is 49.8 Å². The number of urea groups is 1. The number of allylic oxidation sites excluding steroid dienone is 2. The van der Waals surface area contributed by atoms with E-state index in [1.54, 1.807) is 26.3 Å². The Labute approximate surface area is 276 Å². The molecular formula is C38H42N4O5. The average molecular weight is 635 g/mol. The molecule has 1 saturated heterocycles. The zero-order valence-corrected chi connectivity index (χ0v) is 28.0. The number of cyclic esters (lactones) is 1. The number of imide groups is 1. The number of nitrogens with zero attached hydrogens (tertiary/aromatic N) is 2. The van der Waals surface area contributed by atoms with E-state index in [0.29, 0.717) is 5.56 Å². The van der Waals surface area contributed by atoms with Crippen LogP contribution in [0.15, 0.2) is 108 Å². The zero-order chi connectivity index (χ0) is 34.1. The van der Waals surface area contributed by atoms with E-state index in [1.807, 2.05) is 98.8 Å². The van der Waals surface area contributed by atoms with Crippen LogP contribution in [0.25, 0.3) is 10.8 Å². The third-order valence-electron chi connectivity index (χ3n) is 7.57. The van der Waals surface area contributed by atoms with Crippen LogP contribution < -0.4 is 15.4 Å². The van der Waals surface area contributed by atoms with Crippen molar-refractivity contribution in [3.8, 4) is 5.75 Å². The van der Waals surface area contributed by atoms with Gasteiger partial charge in [-0.2, -0.15) is 0 Å². The predicted octanol–water partition coefficient (Wildman–Crippen LogP) is 8.32. The van der Waals surface area contributed by atoms with Crippen LogP contribution in [-0.4, -0.2) is 49.4 Å². The Hall–Kier alpha value is -5.44. The number of aliphatic imine (C=N–C) groups is 1. The van der Waals surface area contributed by atoms with Gasteiger partial charge in [-0.1, -0.05) is 93.1 Å². The van der Waals surface area contributed by atoms with Gasteiger partial charge in [0.15, 0.2) is 0 Å². The predicted molar refractivity (Wildman–Crippen MR) is 187 cm³/mol. The monoisotopic (exact) mass is 634 g/mol. The van der Waals surface area contributed by atoms with Gasteiger partial charge in [0.2, 0.25) is 0 Å². The largest absolute Gasteiger partial charge is 0.496 e. The number of rotatable bonds is 6. The normalized spacial score (nSPS) is 15.0. The van der Waals surface area contributed by atoms with Gasteiger partial charge in [-0.3, -0.25) is 9.79 Å². The molecule has 4 aromatic carbocycles. The molecule has 0 bridgehead atoms. The van der Waals surface area contributed by atoms with Crippen molar-refractivity contribution in [2.45, 2.75) is 40.7 Å². The number of fused-ring (bicyclic) bond motifs is 1. The van der Waals surface area contributed by atoms with Crippen LogP contribution in [0, 0.1) is 12.3 Å². The number of anilines is 1. The summed E-state index contributed by atoms with van der Waals surface area (Å²) < 4.78 is 10.5. The highest BCUT2D eigenvalue weighted by Crippen LogP contribution is 2.32. The first-order valence-electron chi connectivity index (χ1n) is 15.3. The van der Waals surface area contributed by atoms with Crippen LogP contribution in [0.5, 0.6) is 5.75 Å². The third kappa shape index (κ3) is 8.64. The van der Waals surface area contributed by atoms with Crippen LogP contribution in [0.1, 0.15) is 55.2 Å². The van der Waals surface area contributed by atoms with Gasteiger partial charge in [-0.15, -0.1) is 0 Å². The molecule has 0 aliphatic carbocycles. The van der Waals surface area contributed by atoms with Crippen molar-refractivity contribution in [3.05, 3.63) is 119 Å². The van der Waals surface area contributed by atoms with Crippen molar-refractivity contribution in [1.82, 2.24) is 10.2 Å². The lowest BCUT2D eigenvalue weighted by atomic mass is 9.89. The number of methoxy groups -OCH3 is 1. The molecule has 1 aliphatic heterocycles. The van der Waals surface area contributed by atoms with Crippen molar-refractivity contribution in [3.63, 3.8) is 0 Å². The highest BCUT2D eigenvalue weighted by molar-refractivity contribution is 6.05. The second-order valence-corrected chi connectivity index (χ2v) is 12.2. The molecule has 0 radical (unpaired) electrons. The number of carbonyl (C=O) groups excluding carboxylic acids is 3. The van der Waals surface area contributed by atoms with Crippen molar-refractivity contribution >= 4 is 40.2 Å². The number of aryl methyl sites for hydroxylation is 1. The van der Waals surface area contributed by atoms with E-state index in [4.69, 9.17) is 9.47 Å². The minimum Gasteiger partial charge on any atom is -0.496 e. The van der Waals surface area contributed by atoms with Crippen LogP contribution >= 0.6 is 0 Å². The van der Waals surface area contributed by atoms with E-state index in [-0.39, 0.29) is 30.0 Å². The average Bonchev–Trinajstić information content (AvgIpc) is 3.44. The molecule has 4 amide bonds. The van der Waals surface area contributed by atoms with Gasteiger partial charge >= 0.3 is 12.1 Å². The van der Waals surface area contributed by atoms with Crippen LogP contribution in [-0.2, 0) is 4.74 Å². The number of nitrogens with one attached hydrogen (secondary N) is 2. The SMILES string of the molecule is CN=C(/C=C(\C)NC(=O)Nc1ccc(OC)c2ccccc12)C(C)(C)C.Cc1cccc(C(=O)N2C(=O)OCC2c2ccccc2)c1. The van der Waals surface area contributed by atoms with Crippen LogP contribution in [0.4, 0.5) is 15.3 Å². The summed E-state index contributed by atoms with van der Waals surface area (Å²) in [5, 5.41) is 7.65. The van der Waals surface area contributed by atoms with E-state index < -0.39 is 6.09 Å². The first-order chi connectivity index (χ1) is 22.4. The fraction of sp³-hybridized carbons (Fsp3) is 0.263. The molecule has 4 aromatic rings. The summed E-state index contributed by atoms with van der Waals surface area (Å²) in [7, 11) is 3.39. The fourth-order valence-electron chi connectivity index (χ4n) is 5.23. The maximum Gasteiger partial charge on any atom is 0.417 e. The molecule has 9 nitrogen and oxygen atoms in total. The van der Waals surface area contributed by atoms with Crippen molar-refractivity contribution in [1.29, 1.82) is 0 Å². The number of ether oxygens (including phenoxy) is 2. The molecule has 0 spiro atoms. The Morgan fingerprint density at radius 2 is 1.64 bits per heavy atom. The number of hydrogen-bond donors (Lipinski definition) is 2. The molecule has 2 N–H and O–H groups in total. The number of amides is 4. The molecule has 1 atom stereocenters. The minimum atomic E-state index is -0.588. The van der Waals surface area contributed by atoms with Gasteiger partial charge in [0.25, 0.3) is 5.91 Å². The quantitative estimate of drug-likeness (QED) is 0.207. The van der Waals surface area contributed by atoms with E-state index in [0.717, 1.165) is 44.7 Å². The lowest BCUT2D eigenvalue weighted by Gasteiger charge is -2.20. The molecule has 0 aromatic heterocycles. The summed E-state index contributed by atoms with van der Waals surface area (Å²) in [4.78, 5) is 42.5. The number of hydrogen-bond acceptors (Lipinski definition) is 6. The lowest BCUT2D eigenvalue weighted by molar-refractivity contribution is 0.0774. The van der Waals surface area contributed by atoms with Crippen molar-refractivity contribution in [2.75, 3.05) is 26.1 Å². The molecule has 1 aliphatic rings. The van der Waals surface area contributed by atoms with E-state index in [2.05, 4.69) is 36.4 Å². The molecule has 244 valence electrons. The minimum absolute atomic E-state index is 0.0830. The molecule has 1 unspecified atom stereocenters. The number of carbonyl (C=O) groups is 3. The smallest absolute Gasteiger partial charge is 0.417 e. The zero-order valence-electron chi connectivity index (χ0n) is 28.0. The van der Waals surface area contributed by atoms with Crippen LogP contribution in [0.3, 0.4) is 0 Å². The first kappa shape index (κ1) is 34.4. The summed E-state index contributed by atoms with van der Waals surface area (Å²) in [5.74, 6) is 0.451. The molecule has 47 heavy (non-hydrogen) atoms. The van der Waals surface area contributed by atoms with Crippen molar-refractivity contribution < 1.29 is 23.9 Å². The van der Waals surface area contributed by atoms with Gasteiger partial charge in [-0.25, -0.2) is 14.5 Å². The number of benzene rings is 4. The summed E-state index contributed by atoms with van der Waals surface area (Å²) in [5.41, 5.74) is 4.66. The molecule has 1 fully saturated rings. The maximum absolute atomic E-state index is 12.6. The molecule has 5 rings (SSSR count). The van der Waals surface area contributed by atoms with E-state index in [9.17, 15) is 14.4 Å². The van der Waals surface area contributed by atoms with Gasteiger partial charge in [0.1, 0.15) is 18.4 Å². The van der Waals surface area contributed by atoms with Crippen LogP contribution in [0.2, 0.25) is 0 Å². The summed E-state index contributed by atoms with van der Waals surface area (Å²) in [6.07, 6.45) is 1.31. The standard InChI is InChI=1S/C21H27N3O2.C17H15NO3/c1-14(13-19(22-5)21(2,3)4)23-20(25)24-17-11-12-18(26-6)16-10-8-7-9-15(16)17;1-12-6-5-9-14(10-12)16(19)18-15(11-21-17(18)20)13-7-3-2-4-8-13/h7-13H,1-6H3,(H2,23,24,25);2-10,15H,11H2,1H3/b14-13+,22-19?;. The fourth-order valence-corrected chi connectivity index (χ4v) is 5.23. The maximum atomic E-state index is 12.6. The molecular weight excluding hydrogens is 592 g/mol. The van der Waals surface area contributed by atoms with E-state index >= 15 is 0 Å².